The van der Waals surface area contributed by atoms with Crippen LogP contribution in [-0.4, -0.2) is 30.8 Å². The van der Waals surface area contributed by atoms with Gasteiger partial charge in [0.25, 0.3) is 0 Å². The summed E-state index contributed by atoms with van der Waals surface area (Å²) >= 11 is 0. The fourth-order valence-corrected chi connectivity index (χ4v) is 2.66. The number of anilines is 2. The molecule has 100 valence electrons. The van der Waals surface area contributed by atoms with Crippen LogP contribution in [0.5, 0.6) is 0 Å². The Morgan fingerprint density at radius 2 is 2.21 bits per heavy atom. The van der Waals surface area contributed by atoms with Crippen LogP contribution in [0.15, 0.2) is 24.4 Å². The number of rotatable bonds is 1. The molecule has 0 radical (unpaired) electrons. The predicted octanol–water partition coefficient (Wildman–Crippen LogP) is 2.35. The van der Waals surface area contributed by atoms with Crippen molar-refractivity contribution in [2.45, 2.75) is 20.0 Å². The number of nitrogen functional groups attached to an aromatic ring is 1. The highest BCUT2D eigenvalue weighted by Gasteiger charge is 2.19. The molecule has 0 aliphatic carbocycles. The number of morpholine rings is 1. The average molecular weight is 257 g/mol. The Morgan fingerprint density at radius 3 is 3.00 bits per heavy atom. The molecule has 1 aromatic carbocycles. The maximum atomic E-state index is 6.05. The first-order valence-electron chi connectivity index (χ1n) is 6.66. The summed E-state index contributed by atoms with van der Waals surface area (Å²) < 4.78 is 5.61. The Balaban J connectivity index is 2.12. The maximum absolute atomic E-state index is 6.05. The Labute approximate surface area is 113 Å². The molecule has 19 heavy (non-hydrogen) atoms. The van der Waals surface area contributed by atoms with E-state index in [2.05, 4.69) is 28.9 Å². The highest BCUT2D eigenvalue weighted by atomic mass is 16.5. The van der Waals surface area contributed by atoms with Crippen molar-refractivity contribution in [1.29, 1.82) is 0 Å². The van der Waals surface area contributed by atoms with Crippen molar-refractivity contribution in [3.05, 3.63) is 30.1 Å². The Kier molecular flexibility index (Phi) is 3.03. The quantitative estimate of drug-likeness (QED) is 0.797. The van der Waals surface area contributed by atoms with Gasteiger partial charge in [-0.15, -0.1) is 0 Å². The van der Waals surface area contributed by atoms with Crippen molar-refractivity contribution in [3.8, 4) is 0 Å². The van der Waals surface area contributed by atoms with Crippen molar-refractivity contribution < 1.29 is 4.74 Å². The van der Waals surface area contributed by atoms with Crippen LogP contribution < -0.4 is 10.6 Å². The maximum Gasteiger partial charge on any atom is 0.0722 e. The summed E-state index contributed by atoms with van der Waals surface area (Å²) in [5, 5.41) is 2.21. The number of aryl methyl sites for hydroxylation is 1. The Morgan fingerprint density at radius 1 is 1.37 bits per heavy atom. The summed E-state index contributed by atoms with van der Waals surface area (Å²) in [4.78, 5) is 6.72. The number of hydrogen-bond donors (Lipinski definition) is 1. The summed E-state index contributed by atoms with van der Waals surface area (Å²) in [7, 11) is 0. The van der Waals surface area contributed by atoms with Gasteiger partial charge in [-0.05, 0) is 32.0 Å². The third kappa shape index (κ3) is 2.24. The van der Waals surface area contributed by atoms with Gasteiger partial charge in [0.1, 0.15) is 0 Å². The van der Waals surface area contributed by atoms with E-state index in [1.165, 1.54) is 11.1 Å². The molecule has 1 aliphatic rings. The van der Waals surface area contributed by atoms with E-state index in [4.69, 9.17) is 10.5 Å². The summed E-state index contributed by atoms with van der Waals surface area (Å²) in [5.74, 6) is 0. The largest absolute Gasteiger partial charge is 0.398 e. The van der Waals surface area contributed by atoms with Gasteiger partial charge in [-0.3, -0.25) is 4.98 Å². The average Bonchev–Trinajstić information content (AvgIpc) is 2.39. The minimum Gasteiger partial charge on any atom is -0.398 e. The van der Waals surface area contributed by atoms with Gasteiger partial charge in [0, 0.05) is 47.1 Å². The van der Waals surface area contributed by atoms with E-state index in [0.29, 0.717) is 0 Å². The van der Waals surface area contributed by atoms with Gasteiger partial charge in [0.05, 0.1) is 12.7 Å². The van der Waals surface area contributed by atoms with Gasteiger partial charge in [-0.25, -0.2) is 0 Å². The molecule has 2 aromatic rings. The second kappa shape index (κ2) is 4.70. The third-order valence-electron chi connectivity index (χ3n) is 3.63. The predicted molar refractivity (Wildman–Crippen MR) is 78.5 cm³/mol. The lowest BCUT2D eigenvalue weighted by Gasteiger charge is -2.33. The van der Waals surface area contributed by atoms with E-state index in [0.717, 1.165) is 36.5 Å². The lowest BCUT2D eigenvalue weighted by atomic mass is 10.1. The fraction of sp³-hybridized carbons (Fsp3) is 0.400. The molecule has 2 N–H and O–H groups in total. The van der Waals surface area contributed by atoms with Crippen molar-refractivity contribution in [2.24, 2.45) is 0 Å². The molecular formula is C15H19N3O. The summed E-state index contributed by atoms with van der Waals surface area (Å²) in [6.07, 6.45) is 2.14. The van der Waals surface area contributed by atoms with Gasteiger partial charge in [-0.1, -0.05) is 0 Å². The second-order valence-corrected chi connectivity index (χ2v) is 5.17. The molecule has 1 atom stereocenters. The van der Waals surface area contributed by atoms with Crippen molar-refractivity contribution >= 4 is 22.1 Å². The summed E-state index contributed by atoms with van der Waals surface area (Å²) in [6.45, 7) is 6.73. The van der Waals surface area contributed by atoms with E-state index in [-0.39, 0.29) is 6.10 Å². The minimum atomic E-state index is 0.268. The number of pyridine rings is 1. The normalized spacial score (nSPS) is 19.9. The van der Waals surface area contributed by atoms with E-state index in [1.54, 1.807) is 0 Å². The second-order valence-electron chi connectivity index (χ2n) is 5.17. The molecule has 0 amide bonds. The Hall–Kier alpha value is -1.81. The summed E-state index contributed by atoms with van der Waals surface area (Å²) in [5.41, 5.74) is 9.07. The van der Waals surface area contributed by atoms with Crippen molar-refractivity contribution in [1.82, 2.24) is 4.98 Å². The van der Waals surface area contributed by atoms with Crippen LogP contribution >= 0.6 is 0 Å². The van der Waals surface area contributed by atoms with Gasteiger partial charge < -0.3 is 15.4 Å². The van der Waals surface area contributed by atoms with Crippen LogP contribution in [0.2, 0.25) is 0 Å². The molecular weight excluding hydrogens is 238 g/mol. The SMILES string of the molecule is Cc1cc2c(N3CCOC(C)C3)ccc(N)c2cn1. The van der Waals surface area contributed by atoms with Crippen molar-refractivity contribution in [3.63, 3.8) is 0 Å². The van der Waals surface area contributed by atoms with Crippen LogP contribution in [0.4, 0.5) is 11.4 Å². The lowest BCUT2D eigenvalue weighted by molar-refractivity contribution is 0.0533. The molecule has 1 fully saturated rings. The topological polar surface area (TPSA) is 51.4 Å². The first-order valence-corrected chi connectivity index (χ1v) is 6.66. The van der Waals surface area contributed by atoms with Crippen LogP contribution in [0.1, 0.15) is 12.6 Å². The minimum absolute atomic E-state index is 0.268. The molecule has 0 spiro atoms. The number of ether oxygens (including phenoxy) is 1. The van der Waals surface area contributed by atoms with Gasteiger partial charge in [0.15, 0.2) is 0 Å². The molecule has 3 rings (SSSR count). The van der Waals surface area contributed by atoms with Crippen LogP contribution in [-0.2, 0) is 4.74 Å². The highest BCUT2D eigenvalue weighted by molar-refractivity contribution is 6.01. The number of benzene rings is 1. The highest BCUT2D eigenvalue weighted by Crippen LogP contribution is 2.31. The number of nitrogens with two attached hydrogens (primary N) is 1. The molecule has 0 saturated carbocycles. The van der Waals surface area contributed by atoms with Crippen LogP contribution in [0.3, 0.4) is 0 Å². The monoisotopic (exact) mass is 257 g/mol. The lowest BCUT2D eigenvalue weighted by Crippen LogP contribution is -2.41. The molecule has 0 bridgehead atoms. The molecule has 1 unspecified atom stereocenters. The van der Waals surface area contributed by atoms with E-state index >= 15 is 0 Å². The van der Waals surface area contributed by atoms with E-state index in [9.17, 15) is 0 Å². The zero-order valence-corrected chi connectivity index (χ0v) is 11.4. The number of aromatic nitrogens is 1. The first kappa shape index (κ1) is 12.2. The molecule has 4 nitrogen and oxygen atoms in total. The number of nitrogens with zero attached hydrogens (tertiary/aromatic N) is 2. The fourth-order valence-electron chi connectivity index (χ4n) is 2.66. The van der Waals surface area contributed by atoms with Gasteiger partial charge in [-0.2, -0.15) is 0 Å². The standard InChI is InChI=1S/C15H19N3O/c1-10-7-12-13(8-17-10)14(16)3-4-15(12)18-5-6-19-11(2)9-18/h3-4,7-8,11H,5-6,9,16H2,1-2H3. The van der Waals surface area contributed by atoms with E-state index < -0.39 is 0 Å². The third-order valence-corrected chi connectivity index (χ3v) is 3.63. The van der Waals surface area contributed by atoms with Gasteiger partial charge >= 0.3 is 0 Å². The van der Waals surface area contributed by atoms with Crippen LogP contribution in [0, 0.1) is 6.92 Å². The zero-order chi connectivity index (χ0) is 13.4. The Bertz CT molecular complexity index is 612. The van der Waals surface area contributed by atoms with Crippen LogP contribution in [0.25, 0.3) is 10.8 Å². The van der Waals surface area contributed by atoms with Gasteiger partial charge in [0.2, 0.25) is 0 Å². The summed E-state index contributed by atoms with van der Waals surface area (Å²) in [6, 6.07) is 6.19. The van der Waals surface area contributed by atoms with Crippen molar-refractivity contribution in [2.75, 3.05) is 30.3 Å². The zero-order valence-electron chi connectivity index (χ0n) is 11.4. The molecule has 4 heteroatoms. The first-order chi connectivity index (χ1) is 9.15. The molecule has 2 heterocycles. The van der Waals surface area contributed by atoms with E-state index in [1.807, 2.05) is 19.2 Å². The molecule has 1 saturated heterocycles. The number of fused-ring (bicyclic) bond motifs is 1. The molecule has 1 aliphatic heterocycles. The number of hydrogen-bond acceptors (Lipinski definition) is 4. The molecule has 1 aromatic heterocycles. The smallest absolute Gasteiger partial charge is 0.0722 e.